The van der Waals surface area contributed by atoms with Crippen LogP contribution in [-0.2, 0) is 22.6 Å². The van der Waals surface area contributed by atoms with Crippen molar-refractivity contribution in [3.05, 3.63) is 83.4 Å². The number of amides is 2. The normalized spacial score (nSPS) is 17.6. The molecule has 0 fully saturated rings. The van der Waals surface area contributed by atoms with Gasteiger partial charge in [0, 0.05) is 12.2 Å². The van der Waals surface area contributed by atoms with Crippen LogP contribution in [0.2, 0.25) is 0 Å². The van der Waals surface area contributed by atoms with E-state index in [4.69, 9.17) is 4.74 Å². The third kappa shape index (κ3) is 3.53. The number of aryl methyl sites for hydroxylation is 1. The monoisotopic (exact) mass is 432 g/mol. The summed E-state index contributed by atoms with van der Waals surface area (Å²) in [4.78, 5) is 45.0. The number of benzene rings is 2. The van der Waals surface area contributed by atoms with Crippen LogP contribution in [-0.4, -0.2) is 40.0 Å². The van der Waals surface area contributed by atoms with Gasteiger partial charge in [-0.2, -0.15) is 0 Å². The summed E-state index contributed by atoms with van der Waals surface area (Å²) in [5.41, 5.74) is 1.16. The van der Waals surface area contributed by atoms with Gasteiger partial charge in [0.15, 0.2) is 5.69 Å². The summed E-state index contributed by atoms with van der Waals surface area (Å²) >= 11 is 0. The molecule has 0 radical (unpaired) electrons. The zero-order valence-corrected chi connectivity index (χ0v) is 18.2. The van der Waals surface area contributed by atoms with Crippen molar-refractivity contribution < 1.29 is 19.1 Å². The van der Waals surface area contributed by atoms with E-state index in [1.165, 1.54) is 18.3 Å². The number of carbonyl (C=O) groups excluding carboxylic acids is 3. The second-order valence-electron chi connectivity index (χ2n) is 7.93. The number of aromatic nitrogens is 2. The van der Waals surface area contributed by atoms with Crippen molar-refractivity contribution >= 4 is 23.5 Å². The van der Waals surface area contributed by atoms with Crippen LogP contribution in [0.5, 0.6) is 0 Å². The Morgan fingerprint density at radius 3 is 2.50 bits per heavy atom. The Hall–Kier alpha value is -3.94. The highest BCUT2D eigenvalue weighted by Crippen LogP contribution is 2.35. The molecule has 1 aromatic heterocycles. The lowest BCUT2D eigenvalue weighted by atomic mass is 9.92. The number of carbonyl (C=O) groups is 3. The Balaban J connectivity index is 1.78. The quantitative estimate of drug-likeness (QED) is 0.626. The summed E-state index contributed by atoms with van der Waals surface area (Å²) in [5.74, 6) is -1.49. The van der Waals surface area contributed by atoms with Crippen molar-refractivity contribution in [3.63, 3.8) is 0 Å². The smallest absolute Gasteiger partial charge is 0.359 e. The Morgan fingerprint density at radius 1 is 1.12 bits per heavy atom. The van der Waals surface area contributed by atoms with Crippen LogP contribution < -0.4 is 10.2 Å². The first-order valence-corrected chi connectivity index (χ1v) is 10.2. The zero-order chi connectivity index (χ0) is 22.9. The number of esters is 1. The lowest BCUT2D eigenvalue weighted by molar-refractivity contribution is -0.126. The first-order valence-electron chi connectivity index (χ1n) is 10.2. The molecule has 8 nitrogen and oxygen atoms in total. The minimum absolute atomic E-state index is 0.0668. The number of nitrogens with zero attached hydrogens (tertiary/aromatic N) is 3. The number of methoxy groups -OCH3 is 1. The average Bonchev–Trinajstić information content (AvgIpc) is 3.22. The molecule has 2 amide bonds. The third-order valence-electron chi connectivity index (χ3n) is 5.74. The SMILES string of the molecule is COC(=O)c1ncn2c1C(=O)N(c1ccccc1C)[C@@](C)(C(=O)NCc1ccccc1)C2. The minimum atomic E-state index is -1.25. The summed E-state index contributed by atoms with van der Waals surface area (Å²) in [6.45, 7) is 4.05. The van der Waals surface area contributed by atoms with Crippen molar-refractivity contribution in [3.8, 4) is 0 Å². The summed E-state index contributed by atoms with van der Waals surface area (Å²) in [6.07, 6.45) is 1.40. The Morgan fingerprint density at radius 2 is 1.81 bits per heavy atom. The molecule has 3 aromatic rings. The van der Waals surface area contributed by atoms with Gasteiger partial charge in [0.1, 0.15) is 11.2 Å². The van der Waals surface area contributed by atoms with Crippen LogP contribution in [0.15, 0.2) is 60.9 Å². The first kappa shape index (κ1) is 21.3. The summed E-state index contributed by atoms with van der Waals surface area (Å²) < 4.78 is 6.34. The standard InChI is InChI=1S/C24H24N4O4/c1-16-9-7-8-12-18(16)28-21(29)20-19(22(30)32-3)26-15-27(20)14-24(28,2)23(31)25-13-17-10-5-4-6-11-17/h4-12,15H,13-14H2,1-3H3,(H,25,31)/t24-/m1/s1. The van der Waals surface area contributed by atoms with Gasteiger partial charge in [-0.05, 0) is 31.0 Å². The molecule has 2 heterocycles. The predicted molar refractivity (Wildman–Crippen MR) is 118 cm³/mol. The van der Waals surface area contributed by atoms with Crippen molar-refractivity contribution in [2.75, 3.05) is 12.0 Å². The molecule has 1 N–H and O–H groups in total. The average molecular weight is 432 g/mol. The lowest BCUT2D eigenvalue weighted by Crippen LogP contribution is -2.64. The number of para-hydroxylation sites is 1. The molecule has 1 aliphatic heterocycles. The molecule has 0 aliphatic carbocycles. The van der Waals surface area contributed by atoms with Gasteiger partial charge < -0.3 is 14.6 Å². The molecular formula is C24H24N4O4. The number of fused-ring (bicyclic) bond motifs is 1. The van der Waals surface area contributed by atoms with Crippen LogP contribution in [0, 0.1) is 6.92 Å². The number of nitrogens with one attached hydrogen (secondary N) is 1. The minimum Gasteiger partial charge on any atom is -0.464 e. The molecule has 0 unspecified atom stereocenters. The van der Waals surface area contributed by atoms with E-state index in [9.17, 15) is 14.4 Å². The lowest BCUT2D eigenvalue weighted by Gasteiger charge is -2.44. The Labute approximate surface area is 185 Å². The second-order valence-corrected chi connectivity index (χ2v) is 7.93. The molecule has 0 saturated heterocycles. The van der Waals surface area contributed by atoms with Gasteiger partial charge in [0.25, 0.3) is 5.91 Å². The van der Waals surface area contributed by atoms with E-state index >= 15 is 0 Å². The largest absolute Gasteiger partial charge is 0.464 e. The van der Waals surface area contributed by atoms with Crippen molar-refractivity contribution in [2.45, 2.75) is 32.5 Å². The number of hydrogen-bond donors (Lipinski definition) is 1. The van der Waals surface area contributed by atoms with Crippen LogP contribution in [0.25, 0.3) is 0 Å². The van der Waals surface area contributed by atoms with Gasteiger partial charge >= 0.3 is 5.97 Å². The number of anilines is 1. The van der Waals surface area contributed by atoms with Gasteiger partial charge in [-0.25, -0.2) is 9.78 Å². The fraction of sp³-hybridized carbons (Fsp3) is 0.250. The predicted octanol–water partition coefficient (Wildman–Crippen LogP) is 2.71. The molecule has 4 rings (SSSR count). The van der Waals surface area contributed by atoms with Crippen LogP contribution in [0.4, 0.5) is 5.69 Å². The summed E-state index contributed by atoms with van der Waals surface area (Å²) in [5, 5.41) is 2.96. The van der Waals surface area contributed by atoms with Crippen LogP contribution in [0.1, 0.15) is 39.0 Å². The highest BCUT2D eigenvalue weighted by atomic mass is 16.5. The van der Waals surface area contributed by atoms with Gasteiger partial charge in [-0.15, -0.1) is 0 Å². The fourth-order valence-corrected chi connectivity index (χ4v) is 4.04. The molecule has 0 spiro atoms. The van der Waals surface area contributed by atoms with Crippen LogP contribution >= 0.6 is 0 Å². The molecule has 164 valence electrons. The molecule has 1 aliphatic rings. The third-order valence-corrected chi connectivity index (χ3v) is 5.74. The molecule has 2 aromatic carbocycles. The second kappa shape index (κ2) is 8.30. The van der Waals surface area contributed by atoms with Gasteiger partial charge in [-0.3, -0.25) is 14.5 Å². The summed E-state index contributed by atoms with van der Waals surface area (Å²) in [7, 11) is 1.24. The molecule has 0 bridgehead atoms. The first-order chi connectivity index (χ1) is 15.4. The van der Waals surface area contributed by atoms with E-state index < -0.39 is 17.4 Å². The van der Waals surface area contributed by atoms with Crippen molar-refractivity contribution in [2.24, 2.45) is 0 Å². The number of imidazole rings is 1. The van der Waals surface area contributed by atoms with E-state index in [-0.39, 0.29) is 23.8 Å². The fourth-order valence-electron chi connectivity index (χ4n) is 4.04. The molecule has 0 saturated carbocycles. The maximum absolute atomic E-state index is 13.7. The molecular weight excluding hydrogens is 408 g/mol. The van der Waals surface area contributed by atoms with Crippen LogP contribution in [0.3, 0.4) is 0 Å². The van der Waals surface area contributed by atoms with Gasteiger partial charge in [0.05, 0.1) is 20.0 Å². The highest BCUT2D eigenvalue weighted by Gasteiger charge is 2.50. The van der Waals surface area contributed by atoms with E-state index in [0.29, 0.717) is 12.2 Å². The maximum atomic E-state index is 13.7. The van der Waals surface area contributed by atoms with E-state index in [1.807, 2.05) is 55.5 Å². The number of ether oxygens (including phenoxy) is 1. The van der Waals surface area contributed by atoms with E-state index in [1.54, 1.807) is 17.6 Å². The number of hydrogen-bond acceptors (Lipinski definition) is 5. The van der Waals surface area contributed by atoms with Crippen molar-refractivity contribution in [1.29, 1.82) is 0 Å². The topological polar surface area (TPSA) is 93.5 Å². The summed E-state index contributed by atoms with van der Waals surface area (Å²) in [6, 6.07) is 16.9. The van der Waals surface area contributed by atoms with Gasteiger partial charge in [0.2, 0.25) is 5.91 Å². The van der Waals surface area contributed by atoms with E-state index in [0.717, 1.165) is 11.1 Å². The Kier molecular flexibility index (Phi) is 5.52. The maximum Gasteiger partial charge on any atom is 0.359 e. The van der Waals surface area contributed by atoms with Crippen molar-refractivity contribution in [1.82, 2.24) is 14.9 Å². The molecule has 8 heteroatoms. The number of rotatable bonds is 5. The van der Waals surface area contributed by atoms with Gasteiger partial charge in [-0.1, -0.05) is 48.5 Å². The Bertz CT molecular complexity index is 1190. The molecule has 32 heavy (non-hydrogen) atoms. The zero-order valence-electron chi connectivity index (χ0n) is 18.2. The molecule has 1 atom stereocenters. The highest BCUT2D eigenvalue weighted by molar-refractivity contribution is 6.15. The van der Waals surface area contributed by atoms with E-state index in [2.05, 4.69) is 10.3 Å².